The van der Waals surface area contributed by atoms with Crippen LogP contribution in [0.25, 0.3) is 0 Å². The zero-order chi connectivity index (χ0) is 15.4. The zero-order valence-corrected chi connectivity index (χ0v) is 13.3. The van der Waals surface area contributed by atoms with Gasteiger partial charge in [-0.1, -0.05) is 34.6 Å². The molecule has 0 aromatic carbocycles. The predicted molar refractivity (Wildman–Crippen MR) is 80.9 cm³/mol. The highest BCUT2D eigenvalue weighted by Gasteiger charge is 2.26. The number of hydrogen-bond donors (Lipinski definition) is 1. The monoisotopic (exact) mass is 282 g/mol. The van der Waals surface area contributed by atoms with Crippen LogP contribution < -0.4 is 5.32 Å². The molecule has 1 heterocycles. The van der Waals surface area contributed by atoms with Gasteiger partial charge in [0.05, 0.1) is 4.92 Å². The lowest BCUT2D eigenvalue weighted by molar-refractivity contribution is -0.384. The smallest absolute Gasteiger partial charge is 0.333 e. The Hall–Kier alpha value is -1.59. The maximum atomic E-state index is 11.2. The van der Waals surface area contributed by atoms with E-state index in [4.69, 9.17) is 0 Å². The molecule has 1 rings (SSSR count). The van der Waals surface area contributed by atoms with E-state index in [0.29, 0.717) is 35.7 Å². The van der Waals surface area contributed by atoms with E-state index in [1.54, 1.807) is 11.7 Å². The summed E-state index contributed by atoms with van der Waals surface area (Å²) in [6.07, 6.45) is 0.559. The lowest BCUT2D eigenvalue weighted by Crippen LogP contribution is -2.25. The Morgan fingerprint density at radius 3 is 2.25 bits per heavy atom. The van der Waals surface area contributed by atoms with E-state index >= 15 is 0 Å². The number of hydrogen-bond acceptors (Lipinski definition) is 4. The standard InChI is InChI=1S/C14H26N4O2/c1-7-12-13(18(19)20)14(17(6)16-12)15-8-11(9(2)3)10(4)5/h9-11,15H,7-8H2,1-6H3. The summed E-state index contributed by atoms with van der Waals surface area (Å²) in [6, 6.07) is 0. The lowest BCUT2D eigenvalue weighted by atomic mass is 9.85. The summed E-state index contributed by atoms with van der Waals surface area (Å²) >= 11 is 0. The Morgan fingerprint density at radius 2 is 1.85 bits per heavy atom. The first-order chi connectivity index (χ1) is 9.29. The molecule has 0 radical (unpaired) electrons. The number of nitrogens with one attached hydrogen (secondary N) is 1. The van der Waals surface area contributed by atoms with Crippen LogP contribution in [0.1, 0.15) is 40.3 Å². The Balaban J connectivity index is 2.97. The second-order valence-corrected chi connectivity index (χ2v) is 5.91. The van der Waals surface area contributed by atoms with E-state index in [1.165, 1.54) is 0 Å². The van der Waals surface area contributed by atoms with Crippen molar-refractivity contribution in [1.82, 2.24) is 9.78 Å². The molecule has 0 saturated heterocycles. The summed E-state index contributed by atoms with van der Waals surface area (Å²) in [5, 5.41) is 18.7. The van der Waals surface area contributed by atoms with Gasteiger partial charge < -0.3 is 5.32 Å². The molecule has 1 aromatic heterocycles. The molecule has 0 fully saturated rings. The average Bonchev–Trinajstić information content (AvgIpc) is 2.65. The fourth-order valence-electron chi connectivity index (χ4n) is 2.65. The summed E-state index contributed by atoms with van der Waals surface area (Å²) < 4.78 is 1.58. The molecule has 0 saturated carbocycles. The van der Waals surface area contributed by atoms with Gasteiger partial charge in [0.15, 0.2) is 0 Å². The van der Waals surface area contributed by atoms with Crippen LogP contribution in [0, 0.1) is 27.9 Å². The van der Waals surface area contributed by atoms with Crippen LogP contribution in [-0.2, 0) is 13.5 Å². The third-order valence-corrected chi connectivity index (χ3v) is 3.83. The summed E-state index contributed by atoms with van der Waals surface area (Å²) in [6.45, 7) is 11.3. The molecular formula is C14H26N4O2. The van der Waals surface area contributed by atoms with E-state index in [2.05, 4.69) is 38.1 Å². The Morgan fingerprint density at radius 1 is 1.30 bits per heavy atom. The molecule has 0 aliphatic carbocycles. The molecule has 0 aliphatic heterocycles. The number of aryl methyl sites for hydroxylation is 2. The summed E-state index contributed by atoms with van der Waals surface area (Å²) in [5.41, 5.74) is 0.645. The highest BCUT2D eigenvalue weighted by atomic mass is 16.6. The van der Waals surface area contributed by atoms with Gasteiger partial charge in [0.2, 0.25) is 5.82 Å². The van der Waals surface area contributed by atoms with Crippen LogP contribution in [-0.4, -0.2) is 21.2 Å². The van der Waals surface area contributed by atoms with E-state index in [-0.39, 0.29) is 10.6 Å². The van der Waals surface area contributed by atoms with Crippen LogP contribution in [0.4, 0.5) is 11.5 Å². The van der Waals surface area contributed by atoms with Crippen LogP contribution in [0.3, 0.4) is 0 Å². The minimum absolute atomic E-state index is 0.112. The molecule has 0 unspecified atom stereocenters. The maximum absolute atomic E-state index is 11.2. The number of nitro groups is 1. The topological polar surface area (TPSA) is 73.0 Å². The SMILES string of the molecule is CCc1nn(C)c(NCC(C(C)C)C(C)C)c1[N+](=O)[O-]. The lowest BCUT2D eigenvalue weighted by Gasteiger charge is -2.25. The van der Waals surface area contributed by atoms with Crippen LogP contribution in [0.2, 0.25) is 0 Å². The second-order valence-electron chi connectivity index (χ2n) is 5.91. The number of anilines is 1. The quantitative estimate of drug-likeness (QED) is 0.615. The fraction of sp³-hybridized carbons (Fsp3) is 0.786. The normalized spacial score (nSPS) is 11.7. The van der Waals surface area contributed by atoms with E-state index in [1.807, 2.05) is 6.92 Å². The van der Waals surface area contributed by atoms with Gasteiger partial charge in [0, 0.05) is 13.6 Å². The minimum Gasteiger partial charge on any atom is -0.364 e. The second kappa shape index (κ2) is 6.72. The summed E-state index contributed by atoms with van der Waals surface area (Å²) in [4.78, 5) is 10.9. The van der Waals surface area contributed by atoms with Gasteiger partial charge in [-0.2, -0.15) is 5.10 Å². The van der Waals surface area contributed by atoms with Crippen molar-refractivity contribution in [1.29, 1.82) is 0 Å². The van der Waals surface area contributed by atoms with Gasteiger partial charge in [-0.15, -0.1) is 0 Å². The van der Waals surface area contributed by atoms with Crippen molar-refractivity contribution in [3.63, 3.8) is 0 Å². The van der Waals surface area contributed by atoms with Gasteiger partial charge in [-0.05, 0) is 24.2 Å². The molecule has 1 N–H and O–H groups in total. The van der Waals surface area contributed by atoms with E-state index < -0.39 is 0 Å². The van der Waals surface area contributed by atoms with Crippen molar-refractivity contribution < 1.29 is 4.92 Å². The molecule has 1 aromatic rings. The minimum atomic E-state index is -0.339. The molecule has 0 spiro atoms. The molecule has 0 atom stereocenters. The summed E-state index contributed by atoms with van der Waals surface area (Å²) in [7, 11) is 1.74. The van der Waals surface area contributed by atoms with Gasteiger partial charge in [0.25, 0.3) is 0 Å². The molecule has 20 heavy (non-hydrogen) atoms. The Bertz CT molecular complexity index is 458. The Labute approximate surface area is 120 Å². The van der Waals surface area contributed by atoms with Crippen molar-refractivity contribution in [2.45, 2.75) is 41.0 Å². The molecule has 6 nitrogen and oxygen atoms in total. The molecule has 6 heteroatoms. The predicted octanol–water partition coefficient (Wildman–Crippen LogP) is 3.23. The highest BCUT2D eigenvalue weighted by Crippen LogP contribution is 2.29. The largest absolute Gasteiger partial charge is 0.364 e. The third-order valence-electron chi connectivity index (χ3n) is 3.83. The molecule has 0 bridgehead atoms. The van der Waals surface area contributed by atoms with Gasteiger partial charge in [0.1, 0.15) is 5.69 Å². The van der Waals surface area contributed by atoms with E-state index in [9.17, 15) is 10.1 Å². The highest BCUT2D eigenvalue weighted by molar-refractivity contribution is 5.59. The van der Waals surface area contributed by atoms with Gasteiger partial charge in [-0.3, -0.25) is 10.1 Å². The van der Waals surface area contributed by atoms with Crippen LogP contribution in [0.5, 0.6) is 0 Å². The zero-order valence-electron chi connectivity index (χ0n) is 13.3. The van der Waals surface area contributed by atoms with Crippen molar-refractivity contribution in [3.05, 3.63) is 15.8 Å². The van der Waals surface area contributed by atoms with Crippen molar-refractivity contribution in [3.8, 4) is 0 Å². The first-order valence-electron chi connectivity index (χ1n) is 7.23. The average molecular weight is 282 g/mol. The van der Waals surface area contributed by atoms with Crippen molar-refractivity contribution in [2.75, 3.05) is 11.9 Å². The third kappa shape index (κ3) is 3.49. The summed E-state index contributed by atoms with van der Waals surface area (Å²) in [5.74, 6) is 2.04. The number of aromatic nitrogens is 2. The first kappa shape index (κ1) is 16.5. The van der Waals surface area contributed by atoms with Gasteiger partial charge in [-0.25, -0.2) is 4.68 Å². The van der Waals surface area contributed by atoms with Crippen LogP contribution >= 0.6 is 0 Å². The molecule has 0 amide bonds. The number of rotatable bonds is 7. The van der Waals surface area contributed by atoms with Crippen molar-refractivity contribution in [2.24, 2.45) is 24.8 Å². The fourth-order valence-corrected chi connectivity index (χ4v) is 2.65. The van der Waals surface area contributed by atoms with Gasteiger partial charge >= 0.3 is 5.69 Å². The molecular weight excluding hydrogens is 256 g/mol. The van der Waals surface area contributed by atoms with Crippen molar-refractivity contribution >= 4 is 11.5 Å². The molecule has 0 aliphatic rings. The number of nitrogens with zero attached hydrogens (tertiary/aromatic N) is 3. The first-order valence-corrected chi connectivity index (χ1v) is 7.23. The molecule has 114 valence electrons. The maximum Gasteiger partial charge on any atom is 0.333 e. The Kier molecular flexibility index (Phi) is 5.53. The van der Waals surface area contributed by atoms with Crippen LogP contribution in [0.15, 0.2) is 0 Å². The van der Waals surface area contributed by atoms with E-state index in [0.717, 1.165) is 6.54 Å².